The Bertz CT molecular complexity index is 394. The van der Waals surface area contributed by atoms with Gasteiger partial charge in [0.2, 0.25) is 0 Å². The first-order valence-electron chi connectivity index (χ1n) is 5.56. The molecule has 0 fully saturated rings. The van der Waals surface area contributed by atoms with Crippen molar-refractivity contribution in [1.82, 2.24) is 5.32 Å². The van der Waals surface area contributed by atoms with Gasteiger partial charge < -0.3 is 5.32 Å². The van der Waals surface area contributed by atoms with Gasteiger partial charge in [0.25, 0.3) is 5.91 Å². The molecule has 0 aromatic heterocycles. The Kier molecular flexibility index (Phi) is 4.29. The summed E-state index contributed by atoms with van der Waals surface area (Å²) in [6.45, 7) is 10.6. The highest BCUT2D eigenvalue weighted by atomic mass is 16.1. The molecule has 2 nitrogen and oxygen atoms in total. The summed E-state index contributed by atoms with van der Waals surface area (Å²) in [5.41, 5.74) is 2.70. The normalized spacial score (nSPS) is 10.2. The van der Waals surface area contributed by atoms with E-state index in [1.165, 1.54) is 0 Å². The lowest BCUT2D eigenvalue weighted by Gasteiger charge is -2.11. The SMILES string of the molecule is C=Cc1c(C)cccc1C(=O)NCC(C)C. The minimum atomic E-state index is -0.0210. The second-order valence-corrected chi connectivity index (χ2v) is 4.34. The van der Waals surface area contributed by atoms with Gasteiger partial charge in [0.15, 0.2) is 0 Å². The Morgan fingerprint density at radius 2 is 2.19 bits per heavy atom. The van der Waals surface area contributed by atoms with Crippen LogP contribution in [0.5, 0.6) is 0 Å². The number of hydrogen-bond donors (Lipinski definition) is 1. The minimum absolute atomic E-state index is 0.0210. The van der Waals surface area contributed by atoms with Crippen molar-refractivity contribution >= 4 is 12.0 Å². The third kappa shape index (κ3) is 2.96. The lowest BCUT2D eigenvalue weighted by atomic mass is 10.0. The lowest BCUT2D eigenvalue weighted by molar-refractivity contribution is 0.0949. The number of aryl methyl sites for hydroxylation is 1. The molecule has 2 heteroatoms. The summed E-state index contributed by atoms with van der Waals surface area (Å²) < 4.78 is 0. The fourth-order valence-corrected chi connectivity index (χ4v) is 1.54. The molecule has 0 spiro atoms. The smallest absolute Gasteiger partial charge is 0.251 e. The number of hydrogen-bond acceptors (Lipinski definition) is 1. The second kappa shape index (κ2) is 5.50. The van der Waals surface area contributed by atoms with Crippen molar-refractivity contribution in [1.29, 1.82) is 0 Å². The Balaban J connectivity index is 2.91. The standard InChI is InChI=1S/C14H19NO/c1-5-12-11(4)7-6-8-13(12)14(16)15-9-10(2)3/h5-8,10H,1,9H2,2-4H3,(H,15,16). The van der Waals surface area contributed by atoms with Crippen molar-refractivity contribution in [2.24, 2.45) is 5.92 Å². The summed E-state index contributed by atoms with van der Waals surface area (Å²) in [7, 11) is 0. The molecule has 0 unspecified atom stereocenters. The third-order valence-electron chi connectivity index (χ3n) is 2.44. The molecule has 1 amide bonds. The average molecular weight is 217 g/mol. The molecular formula is C14H19NO. The van der Waals surface area contributed by atoms with Crippen LogP contribution in [0.2, 0.25) is 0 Å². The molecule has 1 aromatic carbocycles. The topological polar surface area (TPSA) is 29.1 Å². The van der Waals surface area contributed by atoms with E-state index in [1.54, 1.807) is 6.08 Å². The number of carbonyl (C=O) groups is 1. The van der Waals surface area contributed by atoms with Crippen LogP contribution in [0.4, 0.5) is 0 Å². The molecule has 86 valence electrons. The van der Waals surface area contributed by atoms with Gasteiger partial charge in [0.1, 0.15) is 0 Å². The maximum Gasteiger partial charge on any atom is 0.251 e. The van der Waals surface area contributed by atoms with Gasteiger partial charge in [-0.2, -0.15) is 0 Å². The molecule has 0 heterocycles. The predicted molar refractivity (Wildman–Crippen MR) is 68.4 cm³/mol. The van der Waals surface area contributed by atoms with E-state index in [1.807, 2.05) is 25.1 Å². The van der Waals surface area contributed by atoms with E-state index in [2.05, 4.69) is 25.7 Å². The molecule has 0 atom stereocenters. The zero-order valence-corrected chi connectivity index (χ0v) is 10.2. The number of benzene rings is 1. The number of nitrogens with one attached hydrogen (secondary N) is 1. The van der Waals surface area contributed by atoms with E-state index in [-0.39, 0.29) is 5.91 Å². The van der Waals surface area contributed by atoms with Crippen molar-refractivity contribution in [2.45, 2.75) is 20.8 Å². The molecule has 1 N–H and O–H groups in total. The van der Waals surface area contributed by atoms with Gasteiger partial charge in [-0.25, -0.2) is 0 Å². The maximum atomic E-state index is 11.9. The Morgan fingerprint density at radius 3 is 2.75 bits per heavy atom. The van der Waals surface area contributed by atoms with Gasteiger partial charge in [-0.3, -0.25) is 4.79 Å². The monoisotopic (exact) mass is 217 g/mol. The van der Waals surface area contributed by atoms with Crippen LogP contribution in [0.15, 0.2) is 24.8 Å². The van der Waals surface area contributed by atoms with Gasteiger partial charge >= 0.3 is 0 Å². The Morgan fingerprint density at radius 1 is 1.50 bits per heavy atom. The zero-order chi connectivity index (χ0) is 12.1. The van der Waals surface area contributed by atoms with Crippen LogP contribution < -0.4 is 5.32 Å². The van der Waals surface area contributed by atoms with E-state index >= 15 is 0 Å². The molecule has 16 heavy (non-hydrogen) atoms. The Hall–Kier alpha value is -1.57. The second-order valence-electron chi connectivity index (χ2n) is 4.34. The molecule has 0 aliphatic heterocycles. The van der Waals surface area contributed by atoms with Crippen molar-refractivity contribution in [3.8, 4) is 0 Å². The third-order valence-corrected chi connectivity index (χ3v) is 2.44. The van der Waals surface area contributed by atoms with Crippen molar-refractivity contribution in [2.75, 3.05) is 6.54 Å². The van der Waals surface area contributed by atoms with Gasteiger partial charge in [-0.15, -0.1) is 0 Å². The molecule has 0 saturated carbocycles. The van der Waals surface area contributed by atoms with Gasteiger partial charge in [0, 0.05) is 12.1 Å². The van der Waals surface area contributed by atoms with Crippen LogP contribution in [-0.2, 0) is 0 Å². The molecule has 0 radical (unpaired) electrons. The number of amides is 1. The van der Waals surface area contributed by atoms with Crippen molar-refractivity contribution in [3.63, 3.8) is 0 Å². The molecular weight excluding hydrogens is 198 g/mol. The summed E-state index contributed by atoms with van der Waals surface area (Å²) in [5.74, 6) is 0.438. The van der Waals surface area contributed by atoms with Crippen molar-refractivity contribution < 1.29 is 4.79 Å². The summed E-state index contributed by atoms with van der Waals surface area (Å²) in [6, 6.07) is 5.71. The molecule has 1 aromatic rings. The van der Waals surface area contributed by atoms with E-state index in [9.17, 15) is 4.79 Å². The highest BCUT2D eigenvalue weighted by molar-refractivity contribution is 5.98. The van der Waals surface area contributed by atoms with Crippen molar-refractivity contribution in [3.05, 3.63) is 41.5 Å². The van der Waals surface area contributed by atoms with Crippen LogP contribution in [-0.4, -0.2) is 12.5 Å². The first-order valence-corrected chi connectivity index (χ1v) is 5.56. The van der Waals surface area contributed by atoms with Gasteiger partial charge in [0.05, 0.1) is 0 Å². The fourth-order valence-electron chi connectivity index (χ4n) is 1.54. The minimum Gasteiger partial charge on any atom is -0.352 e. The summed E-state index contributed by atoms with van der Waals surface area (Å²) >= 11 is 0. The van der Waals surface area contributed by atoms with E-state index < -0.39 is 0 Å². The first kappa shape index (κ1) is 12.5. The maximum absolute atomic E-state index is 11.9. The van der Waals surface area contributed by atoms with Gasteiger partial charge in [-0.05, 0) is 30.0 Å². The molecule has 1 rings (SSSR count). The van der Waals surface area contributed by atoms with Crippen LogP contribution >= 0.6 is 0 Å². The molecule has 0 bridgehead atoms. The summed E-state index contributed by atoms with van der Waals surface area (Å²) in [5, 5.41) is 2.91. The zero-order valence-electron chi connectivity index (χ0n) is 10.2. The van der Waals surface area contributed by atoms with E-state index in [0.29, 0.717) is 18.0 Å². The largest absolute Gasteiger partial charge is 0.352 e. The number of rotatable bonds is 4. The molecule has 0 aliphatic carbocycles. The highest BCUT2D eigenvalue weighted by Gasteiger charge is 2.10. The lowest BCUT2D eigenvalue weighted by Crippen LogP contribution is -2.28. The number of carbonyl (C=O) groups excluding carboxylic acids is 1. The highest BCUT2D eigenvalue weighted by Crippen LogP contribution is 2.15. The van der Waals surface area contributed by atoms with Crippen LogP contribution in [0.25, 0.3) is 6.08 Å². The molecule has 0 aliphatic rings. The Labute approximate surface area is 97.4 Å². The van der Waals surface area contributed by atoms with Gasteiger partial charge in [-0.1, -0.05) is 38.6 Å². The fraction of sp³-hybridized carbons (Fsp3) is 0.357. The van der Waals surface area contributed by atoms with E-state index in [0.717, 1.165) is 11.1 Å². The summed E-state index contributed by atoms with van der Waals surface area (Å²) in [6.07, 6.45) is 1.74. The summed E-state index contributed by atoms with van der Waals surface area (Å²) in [4.78, 5) is 11.9. The molecule has 0 saturated heterocycles. The average Bonchev–Trinajstić information content (AvgIpc) is 2.25. The van der Waals surface area contributed by atoms with Crippen LogP contribution in [0, 0.1) is 12.8 Å². The predicted octanol–water partition coefficient (Wildman–Crippen LogP) is 3.02. The quantitative estimate of drug-likeness (QED) is 0.825. The van der Waals surface area contributed by atoms with Crippen LogP contribution in [0.3, 0.4) is 0 Å². The van der Waals surface area contributed by atoms with E-state index in [4.69, 9.17) is 0 Å². The van der Waals surface area contributed by atoms with Crippen LogP contribution in [0.1, 0.15) is 35.3 Å². The first-order chi connectivity index (χ1) is 7.56.